The lowest BCUT2D eigenvalue weighted by atomic mass is 10.0. The molecule has 114 valence electrons. The summed E-state index contributed by atoms with van der Waals surface area (Å²) in [7, 11) is 0. The van der Waals surface area contributed by atoms with E-state index < -0.39 is 0 Å². The van der Waals surface area contributed by atoms with E-state index in [1.807, 2.05) is 30.3 Å². The van der Waals surface area contributed by atoms with E-state index in [0.717, 1.165) is 31.6 Å². The Morgan fingerprint density at radius 3 is 2.81 bits per heavy atom. The van der Waals surface area contributed by atoms with Gasteiger partial charge in [0.15, 0.2) is 0 Å². The van der Waals surface area contributed by atoms with Gasteiger partial charge < -0.3 is 20.1 Å². The Labute approximate surface area is 125 Å². The molecule has 0 unspecified atom stereocenters. The number of hydrogen-bond donors (Lipinski definition) is 2. The second-order valence-corrected chi connectivity index (χ2v) is 5.68. The van der Waals surface area contributed by atoms with Gasteiger partial charge in [-0.3, -0.25) is 0 Å². The van der Waals surface area contributed by atoms with E-state index in [0.29, 0.717) is 19.1 Å². The van der Waals surface area contributed by atoms with Gasteiger partial charge >= 0.3 is 6.03 Å². The van der Waals surface area contributed by atoms with Gasteiger partial charge in [-0.15, -0.1) is 0 Å². The third-order valence-electron chi connectivity index (χ3n) is 4.11. The first-order valence-electron chi connectivity index (χ1n) is 7.61. The molecule has 0 bridgehead atoms. The molecule has 0 spiro atoms. The largest absolute Gasteiger partial charge is 0.381 e. The van der Waals surface area contributed by atoms with Crippen LogP contribution >= 0.6 is 0 Å². The highest BCUT2D eigenvalue weighted by atomic mass is 16.5. The third-order valence-corrected chi connectivity index (χ3v) is 4.11. The SMILES string of the molecule is O=C(NC[C@@H]1CCOC1)N[C@@H]1CCO[C@@H]1c1ccccc1. The van der Waals surface area contributed by atoms with Crippen LogP contribution in [0.2, 0.25) is 0 Å². The number of urea groups is 1. The average molecular weight is 290 g/mol. The number of rotatable bonds is 4. The molecule has 0 radical (unpaired) electrons. The highest BCUT2D eigenvalue weighted by Gasteiger charge is 2.30. The van der Waals surface area contributed by atoms with Gasteiger partial charge in [0, 0.05) is 25.7 Å². The molecule has 2 amide bonds. The summed E-state index contributed by atoms with van der Waals surface area (Å²) in [4.78, 5) is 12.0. The lowest BCUT2D eigenvalue weighted by Gasteiger charge is -2.21. The highest BCUT2D eigenvalue weighted by molar-refractivity contribution is 5.74. The summed E-state index contributed by atoms with van der Waals surface area (Å²) in [5.74, 6) is 0.445. The molecule has 2 N–H and O–H groups in total. The fraction of sp³-hybridized carbons (Fsp3) is 0.562. The Hall–Kier alpha value is -1.59. The zero-order chi connectivity index (χ0) is 14.5. The van der Waals surface area contributed by atoms with Crippen molar-refractivity contribution in [3.05, 3.63) is 35.9 Å². The van der Waals surface area contributed by atoms with Gasteiger partial charge in [-0.1, -0.05) is 30.3 Å². The van der Waals surface area contributed by atoms with Gasteiger partial charge in [0.25, 0.3) is 0 Å². The van der Waals surface area contributed by atoms with Crippen LogP contribution in [0.3, 0.4) is 0 Å². The smallest absolute Gasteiger partial charge is 0.315 e. The van der Waals surface area contributed by atoms with Gasteiger partial charge in [-0.05, 0) is 18.4 Å². The van der Waals surface area contributed by atoms with Crippen molar-refractivity contribution >= 4 is 6.03 Å². The van der Waals surface area contributed by atoms with Crippen LogP contribution in [0.4, 0.5) is 4.79 Å². The molecular formula is C16H22N2O3. The second kappa shape index (κ2) is 6.91. The number of hydrogen-bond acceptors (Lipinski definition) is 3. The molecule has 1 aromatic rings. The van der Waals surface area contributed by atoms with Crippen LogP contribution < -0.4 is 10.6 Å². The molecule has 2 aliphatic rings. The van der Waals surface area contributed by atoms with Crippen molar-refractivity contribution < 1.29 is 14.3 Å². The number of ether oxygens (including phenoxy) is 2. The first-order valence-corrected chi connectivity index (χ1v) is 7.61. The maximum atomic E-state index is 12.0. The standard InChI is InChI=1S/C16H22N2O3/c19-16(17-10-12-6-8-20-11-12)18-14-7-9-21-15(14)13-4-2-1-3-5-13/h1-5,12,14-15H,6-11H2,(H2,17,18,19)/t12-,14+,15+/m0/s1. The first-order chi connectivity index (χ1) is 10.3. The van der Waals surface area contributed by atoms with Crippen LogP contribution in [-0.2, 0) is 9.47 Å². The van der Waals surface area contributed by atoms with Crippen LogP contribution in [0.25, 0.3) is 0 Å². The molecule has 3 atom stereocenters. The molecule has 21 heavy (non-hydrogen) atoms. The van der Waals surface area contributed by atoms with Crippen molar-refractivity contribution in [3.63, 3.8) is 0 Å². The molecule has 2 heterocycles. The van der Waals surface area contributed by atoms with Gasteiger partial charge in [0.05, 0.1) is 12.6 Å². The zero-order valence-electron chi connectivity index (χ0n) is 12.1. The summed E-state index contributed by atoms with van der Waals surface area (Å²) in [5.41, 5.74) is 1.12. The predicted molar refractivity (Wildman–Crippen MR) is 79.0 cm³/mol. The maximum Gasteiger partial charge on any atom is 0.315 e. The zero-order valence-corrected chi connectivity index (χ0v) is 12.1. The monoisotopic (exact) mass is 290 g/mol. The molecule has 0 saturated carbocycles. The number of carbonyl (C=O) groups excluding carboxylic acids is 1. The molecule has 0 aliphatic carbocycles. The number of carbonyl (C=O) groups is 1. The molecule has 5 heteroatoms. The van der Waals surface area contributed by atoms with E-state index in [2.05, 4.69) is 10.6 Å². The van der Waals surface area contributed by atoms with Gasteiger partial charge in [0.1, 0.15) is 6.10 Å². The molecule has 0 aromatic heterocycles. The van der Waals surface area contributed by atoms with Crippen molar-refractivity contribution in [1.82, 2.24) is 10.6 Å². The number of nitrogens with one attached hydrogen (secondary N) is 2. The molecule has 1 aromatic carbocycles. The fourth-order valence-electron chi connectivity index (χ4n) is 2.91. The van der Waals surface area contributed by atoms with Crippen LogP contribution in [0.1, 0.15) is 24.5 Å². The minimum Gasteiger partial charge on any atom is -0.381 e. The summed E-state index contributed by atoms with van der Waals surface area (Å²) in [6, 6.07) is 9.97. The van der Waals surface area contributed by atoms with Crippen molar-refractivity contribution in [2.45, 2.75) is 25.0 Å². The van der Waals surface area contributed by atoms with Crippen LogP contribution in [-0.4, -0.2) is 38.4 Å². The third kappa shape index (κ3) is 3.74. The Morgan fingerprint density at radius 2 is 2.05 bits per heavy atom. The Kier molecular flexibility index (Phi) is 4.72. The van der Waals surface area contributed by atoms with E-state index in [1.54, 1.807) is 0 Å². The molecule has 2 saturated heterocycles. The maximum absolute atomic E-state index is 12.0. The van der Waals surface area contributed by atoms with Crippen LogP contribution in [0.5, 0.6) is 0 Å². The van der Waals surface area contributed by atoms with E-state index in [-0.39, 0.29) is 18.2 Å². The molecule has 3 rings (SSSR count). The average Bonchev–Trinajstić information content (AvgIpc) is 3.17. The summed E-state index contributed by atoms with van der Waals surface area (Å²) < 4.78 is 11.1. The van der Waals surface area contributed by atoms with E-state index in [4.69, 9.17) is 9.47 Å². The second-order valence-electron chi connectivity index (χ2n) is 5.68. The first kappa shape index (κ1) is 14.4. The van der Waals surface area contributed by atoms with Crippen LogP contribution in [0, 0.1) is 5.92 Å². The number of benzene rings is 1. The topological polar surface area (TPSA) is 59.6 Å². The predicted octanol–water partition coefficient (Wildman–Crippen LogP) is 1.85. The summed E-state index contributed by atoms with van der Waals surface area (Å²) in [6.45, 7) is 2.91. The fourth-order valence-corrected chi connectivity index (χ4v) is 2.91. The van der Waals surface area contributed by atoms with Crippen molar-refractivity contribution in [2.75, 3.05) is 26.4 Å². The lowest BCUT2D eigenvalue weighted by Crippen LogP contribution is -2.44. The quantitative estimate of drug-likeness (QED) is 0.889. The van der Waals surface area contributed by atoms with Gasteiger partial charge in [0.2, 0.25) is 0 Å². The van der Waals surface area contributed by atoms with Crippen molar-refractivity contribution in [2.24, 2.45) is 5.92 Å². The summed E-state index contributed by atoms with van der Waals surface area (Å²) in [5, 5.41) is 5.97. The normalized spacial score (nSPS) is 28.5. The minimum absolute atomic E-state index is 0.0345. The molecule has 2 fully saturated rings. The van der Waals surface area contributed by atoms with Gasteiger partial charge in [-0.25, -0.2) is 4.79 Å². The lowest BCUT2D eigenvalue weighted by molar-refractivity contribution is 0.0999. The number of amides is 2. The van der Waals surface area contributed by atoms with Crippen molar-refractivity contribution in [1.29, 1.82) is 0 Å². The molecule has 2 aliphatic heterocycles. The Morgan fingerprint density at radius 1 is 1.19 bits per heavy atom. The highest BCUT2D eigenvalue weighted by Crippen LogP contribution is 2.28. The van der Waals surface area contributed by atoms with E-state index >= 15 is 0 Å². The van der Waals surface area contributed by atoms with Crippen LogP contribution in [0.15, 0.2) is 30.3 Å². The summed E-state index contributed by atoms with van der Waals surface area (Å²) in [6.07, 6.45) is 1.82. The Bertz CT molecular complexity index is 460. The van der Waals surface area contributed by atoms with E-state index in [9.17, 15) is 4.79 Å². The van der Waals surface area contributed by atoms with E-state index in [1.165, 1.54) is 0 Å². The summed E-state index contributed by atoms with van der Waals surface area (Å²) >= 11 is 0. The van der Waals surface area contributed by atoms with Gasteiger partial charge in [-0.2, -0.15) is 0 Å². The minimum atomic E-state index is -0.113. The Balaban J connectivity index is 1.50. The molecule has 5 nitrogen and oxygen atoms in total. The molecular weight excluding hydrogens is 268 g/mol. The van der Waals surface area contributed by atoms with Crippen molar-refractivity contribution in [3.8, 4) is 0 Å².